The molecule has 1 heterocycles. The standard InChI is InChI=1S/C11H17NO3S/c1-8-3-11(15-2)4-9(12-8)6-16-7-10(14)5-13/h3-4,10,13-14H,5-7H2,1-2H3. The number of ether oxygens (including phenoxy) is 1. The van der Waals surface area contributed by atoms with Crippen molar-refractivity contribution in [2.24, 2.45) is 0 Å². The fraction of sp³-hybridized carbons (Fsp3) is 0.545. The van der Waals surface area contributed by atoms with E-state index in [2.05, 4.69) is 4.98 Å². The molecule has 1 unspecified atom stereocenters. The molecule has 1 aromatic heterocycles. The van der Waals surface area contributed by atoms with Gasteiger partial charge in [-0.3, -0.25) is 4.98 Å². The molecule has 0 bridgehead atoms. The summed E-state index contributed by atoms with van der Waals surface area (Å²) in [6.07, 6.45) is -0.656. The van der Waals surface area contributed by atoms with E-state index in [1.165, 1.54) is 11.8 Å². The molecule has 5 heteroatoms. The van der Waals surface area contributed by atoms with Gasteiger partial charge in [-0.15, -0.1) is 0 Å². The van der Waals surface area contributed by atoms with Crippen molar-refractivity contribution in [2.45, 2.75) is 18.8 Å². The highest BCUT2D eigenvalue weighted by Crippen LogP contribution is 2.18. The Bertz CT molecular complexity index is 333. The zero-order chi connectivity index (χ0) is 12.0. The second-order valence-electron chi connectivity index (χ2n) is 3.49. The van der Waals surface area contributed by atoms with Crippen molar-refractivity contribution in [3.63, 3.8) is 0 Å². The van der Waals surface area contributed by atoms with Crippen LogP contribution in [0.5, 0.6) is 5.75 Å². The molecule has 90 valence electrons. The first-order chi connectivity index (χ1) is 7.65. The van der Waals surface area contributed by atoms with Gasteiger partial charge in [0.05, 0.1) is 25.5 Å². The minimum atomic E-state index is -0.656. The number of hydrogen-bond donors (Lipinski definition) is 2. The van der Waals surface area contributed by atoms with Crippen LogP contribution < -0.4 is 4.74 Å². The van der Waals surface area contributed by atoms with Crippen molar-refractivity contribution < 1.29 is 14.9 Å². The summed E-state index contributed by atoms with van der Waals surface area (Å²) in [6, 6.07) is 3.75. The summed E-state index contributed by atoms with van der Waals surface area (Å²) < 4.78 is 5.15. The third kappa shape index (κ3) is 4.38. The van der Waals surface area contributed by atoms with Gasteiger partial charge in [0, 0.05) is 29.3 Å². The van der Waals surface area contributed by atoms with Crippen LogP contribution in [0.4, 0.5) is 0 Å². The monoisotopic (exact) mass is 243 g/mol. The van der Waals surface area contributed by atoms with Crippen LogP contribution in [0.1, 0.15) is 11.4 Å². The Morgan fingerprint density at radius 1 is 1.50 bits per heavy atom. The normalized spacial score (nSPS) is 12.5. The number of rotatable bonds is 6. The molecule has 0 spiro atoms. The van der Waals surface area contributed by atoms with E-state index in [9.17, 15) is 5.11 Å². The molecule has 0 aliphatic carbocycles. The van der Waals surface area contributed by atoms with Crippen LogP contribution in [0.3, 0.4) is 0 Å². The fourth-order valence-electron chi connectivity index (χ4n) is 1.25. The highest BCUT2D eigenvalue weighted by Gasteiger charge is 2.04. The molecule has 0 radical (unpaired) electrons. The summed E-state index contributed by atoms with van der Waals surface area (Å²) in [5, 5.41) is 17.8. The Labute approximate surface area is 99.7 Å². The van der Waals surface area contributed by atoms with Crippen LogP contribution in [0.2, 0.25) is 0 Å². The number of aromatic nitrogens is 1. The number of aliphatic hydroxyl groups is 2. The highest BCUT2D eigenvalue weighted by molar-refractivity contribution is 7.98. The van der Waals surface area contributed by atoms with Crippen molar-refractivity contribution in [1.82, 2.24) is 4.98 Å². The number of hydrogen-bond acceptors (Lipinski definition) is 5. The average molecular weight is 243 g/mol. The summed E-state index contributed by atoms with van der Waals surface area (Å²) in [5.74, 6) is 2.01. The molecule has 1 atom stereocenters. The maximum Gasteiger partial charge on any atom is 0.122 e. The van der Waals surface area contributed by atoms with Gasteiger partial charge in [-0.2, -0.15) is 11.8 Å². The maximum absolute atomic E-state index is 9.18. The summed E-state index contributed by atoms with van der Waals surface area (Å²) in [6.45, 7) is 1.72. The highest BCUT2D eigenvalue weighted by atomic mass is 32.2. The van der Waals surface area contributed by atoms with Gasteiger partial charge in [-0.05, 0) is 6.92 Å². The number of nitrogens with zero attached hydrogens (tertiary/aromatic N) is 1. The zero-order valence-electron chi connectivity index (χ0n) is 9.51. The largest absolute Gasteiger partial charge is 0.497 e. The molecular weight excluding hydrogens is 226 g/mol. The number of aryl methyl sites for hydroxylation is 1. The molecule has 0 aliphatic rings. The average Bonchev–Trinajstić information content (AvgIpc) is 2.28. The van der Waals surface area contributed by atoms with Gasteiger partial charge < -0.3 is 14.9 Å². The zero-order valence-corrected chi connectivity index (χ0v) is 10.3. The second-order valence-corrected chi connectivity index (χ2v) is 4.52. The first-order valence-electron chi connectivity index (χ1n) is 5.04. The van der Waals surface area contributed by atoms with Gasteiger partial charge in [0.25, 0.3) is 0 Å². The number of methoxy groups -OCH3 is 1. The number of thioether (sulfide) groups is 1. The smallest absolute Gasteiger partial charge is 0.122 e. The molecule has 0 aromatic carbocycles. The lowest BCUT2D eigenvalue weighted by molar-refractivity contribution is 0.113. The van der Waals surface area contributed by atoms with Crippen LogP contribution in [0.15, 0.2) is 12.1 Å². The van der Waals surface area contributed by atoms with E-state index in [0.29, 0.717) is 11.5 Å². The van der Waals surface area contributed by atoms with Gasteiger partial charge >= 0.3 is 0 Å². The summed E-state index contributed by atoms with van der Waals surface area (Å²) in [4.78, 5) is 4.36. The minimum Gasteiger partial charge on any atom is -0.497 e. The maximum atomic E-state index is 9.18. The SMILES string of the molecule is COc1cc(C)nc(CSCC(O)CO)c1. The first kappa shape index (κ1) is 13.3. The summed E-state index contributed by atoms with van der Waals surface area (Å²) in [7, 11) is 1.63. The lowest BCUT2D eigenvalue weighted by Crippen LogP contribution is -2.14. The molecule has 0 amide bonds. The Kier molecular flexibility index (Phi) is 5.59. The van der Waals surface area contributed by atoms with E-state index in [-0.39, 0.29) is 6.61 Å². The van der Waals surface area contributed by atoms with Gasteiger partial charge in [0.15, 0.2) is 0 Å². The summed E-state index contributed by atoms with van der Waals surface area (Å²) in [5.41, 5.74) is 1.84. The van der Waals surface area contributed by atoms with Gasteiger partial charge in [0.1, 0.15) is 5.75 Å². The lowest BCUT2D eigenvalue weighted by atomic mass is 10.3. The first-order valence-corrected chi connectivity index (χ1v) is 6.19. The minimum absolute atomic E-state index is 0.197. The molecule has 0 fully saturated rings. The van der Waals surface area contributed by atoms with E-state index >= 15 is 0 Å². The van der Waals surface area contributed by atoms with Gasteiger partial charge in [-0.1, -0.05) is 0 Å². The van der Waals surface area contributed by atoms with E-state index in [1.54, 1.807) is 7.11 Å². The van der Waals surface area contributed by atoms with Crippen LogP contribution in [-0.4, -0.2) is 40.8 Å². The third-order valence-electron chi connectivity index (χ3n) is 1.99. The molecule has 0 saturated carbocycles. The second kappa shape index (κ2) is 6.73. The Morgan fingerprint density at radius 3 is 2.88 bits per heavy atom. The molecule has 0 aliphatic heterocycles. The van der Waals surface area contributed by atoms with E-state index < -0.39 is 6.10 Å². The lowest BCUT2D eigenvalue weighted by Gasteiger charge is -2.08. The topological polar surface area (TPSA) is 62.6 Å². The van der Waals surface area contributed by atoms with Crippen molar-refractivity contribution in [2.75, 3.05) is 19.5 Å². The van der Waals surface area contributed by atoms with Gasteiger partial charge in [0.2, 0.25) is 0 Å². The Morgan fingerprint density at radius 2 is 2.25 bits per heavy atom. The number of aliphatic hydroxyl groups excluding tert-OH is 2. The molecular formula is C11H17NO3S. The molecule has 0 saturated heterocycles. The number of pyridine rings is 1. The van der Waals surface area contributed by atoms with Crippen LogP contribution in [-0.2, 0) is 5.75 Å². The van der Waals surface area contributed by atoms with Crippen molar-refractivity contribution >= 4 is 11.8 Å². The van der Waals surface area contributed by atoms with Crippen molar-refractivity contribution in [3.8, 4) is 5.75 Å². The quantitative estimate of drug-likeness (QED) is 0.780. The molecule has 1 aromatic rings. The van der Waals surface area contributed by atoms with E-state index in [0.717, 1.165) is 17.1 Å². The molecule has 4 nitrogen and oxygen atoms in total. The van der Waals surface area contributed by atoms with Crippen molar-refractivity contribution in [3.05, 3.63) is 23.5 Å². The predicted octanol–water partition coefficient (Wildman–Crippen LogP) is 0.985. The molecule has 16 heavy (non-hydrogen) atoms. The van der Waals surface area contributed by atoms with E-state index in [4.69, 9.17) is 9.84 Å². The Balaban J connectivity index is 2.50. The Hall–Kier alpha value is -0.780. The fourth-order valence-corrected chi connectivity index (χ4v) is 2.10. The van der Waals surface area contributed by atoms with Crippen LogP contribution in [0, 0.1) is 6.92 Å². The van der Waals surface area contributed by atoms with Crippen LogP contribution >= 0.6 is 11.8 Å². The third-order valence-corrected chi connectivity index (χ3v) is 3.11. The van der Waals surface area contributed by atoms with Gasteiger partial charge in [-0.25, -0.2) is 0 Å². The predicted molar refractivity (Wildman–Crippen MR) is 64.8 cm³/mol. The molecule has 1 rings (SSSR count). The van der Waals surface area contributed by atoms with E-state index in [1.807, 2.05) is 19.1 Å². The van der Waals surface area contributed by atoms with Crippen LogP contribution in [0.25, 0.3) is 0 Å². The molecule has 2 N–H and O–H groups in total. The summed E-state index contributed by atoms with van der Waals surface area (Å²) >= 11 is 1.54. The van der Waals surface area contributed by atoms with Crippen molar-refractivity contribution in [1.29, 1.82) is 0 Å².